The van der Waals surface area contributed by atoms with Crippen molar-refractivity contribution in [3.05, 3.63) is 50.6 Å². The van der Waals surface area contributed by atoms with Crippen molar-refractivity contribution in [2.75, 3.05) is 0 Å². The molecule has 3 aromatic rings. The molecule has 102 valence electrons. The summed E-state index contributed by atoms with van der Waals surface area (Å²) >= 11 is 18.7. The first-order valence-corrected chi connectivity index (χ1v) is 8.60. The van der Waals surface area contributed by atoms with E-state index >= 15 is 0 Å². The molecule has 0 aliphatic heterocycles. The van der Waals surface area contributed by atoms with Crippen LogP contribution in [0.25, 0.3) is 5.69 Å². The second-order valence-electron chi connectivity index (χ2n) is 3.69. The lowest BCUT2D eigenvalue weighted by atomic mass is 10.3. The summed E-state index contributed by atoms with van der Waals surface area (Å²) in [5.41, 5.74) is 0.801. The van der Waals surface area contributed by atoms with Crippen LogP contribution in [0.2, 0.25) is 10.0 Å². The van der Waals surface area contributed by atoms with Gasteiger partial charge in [-0.25, -0.2) is 9.97 Å². The second-order valence-corrected chi connectivity index (χ2v) is 8.09. The van der Waals surface area contributed by atoms with E-state index in [0.29, 0.717) is 10.0 Å². The lowest BCUT2D eigenvalue weighted by Gasteiger charge is -2.09. The van der Waals surface area contributed by atoms with E-state index in [2.05, 4.69) is 25.9 Å². The number of hydrogen-bond donors (Lipinski definition) is 0. The Morgan fingerprint density at radius 1 is 1.25 bits per heavy atom. The van der Waals surface area contributed by atoms with Gasteiger partial charge in [0.1, 0.15) is 0 Å². The van der Waals surface area contributed by atoms with Gasteiger partial charge in [0, 0.05) is 12.4 Å². The number of thiazole rings is 1. The molecule has 0 atom stereocenters. The van der Waals surface area contributed by atoms with Gasteiger partial charge < -0.3 is 0 Å². The predicted octanol–water partition coefficient (Wildman–Crippen LogP) is 5.55. The van der Waals surface area contributed by atoms with Crippen LogP contribution in [0.3, 0.4) is 0 Å². The van der Waals surface area contributed by atoms with Crippen LogP contribution in [0.5, 0.6) is 0 Å². The summed E-state index contributed by atoms with van der Waals surface area (Å²) < 4.78 is 3.79. The summed E-state index contributed by atoms with van der Waals surface area (Å²) in [6.45, 7) is 0. The number of halogens is 3. The molecular weight excluding hydrogens is 401 g/mol. The Labute approximate surface area is 142 Å². The molecule has 0 spiro atoms. The van der Waals surface area contributed by atoms with Crippen LogP contribution >= 0.6 is 62.2 Å². The third kappa shape index (κ3) is 2.89. The molecule has 0 aliphatic carbocycles. The average molecular weight is 407 g/mol. The van der Waals surface area contributed by atoms with Gasteiger partial charge in [0.25, 0.3) is 0 Å². The van der Waals surface area contributed by atoms with E-state index < -0.39 is 0 Å². The normalized spacial score (nSPS) is 10.9. The zero-order chi connectivity index (χ0) is 14.1. The molecule has 0 fully saturated rings. The zero-order valence-corrected chi connectivity index (χ0v) is 14.5. The summed E-state index contributed by atoms with van der Waals surface area (Å²) in [5.74, 6) is 0. The Hall–Kier alpha value is -0.530. The van der Waals surface area contributed by atoms with Gasteiger partial charge in [-0.1, -0.05) is 29.3 Å². The molecule has 0 bridgehead atoms. The number of benzene rings is 1. The first-order chi connectivity index (χ1) is 9.65. The summed E-state index contributed by atoms with van der Waals surface area (Å²) in [4.78, 5) is 8.63. The molecule has 8 heteroatoms. The summed E-state index contributed by atoms with van der Waals surface area (Å²) in [7, 11) is 0. The van der Waals surface area contributed by atoms with Crippen molar-refractivity contribution >= 4 is 62.2 Å². The van der Waals surface area contributed by atoms with E-state index in [-0.39, 0.29) is 0 Å². The molecule has 0 aliphatic rings. The van der Waals surface area contributed by atoms with Gasteiger partial charge in [0.05, 0.1) is 25.7 Å². The Morgan fingerprint density at radius 2 is 2.10 bits per heavy atom. The van der Waals surface area contributed by atoms with Crippen molar-refractivity contribution < 1.29 is 0 Å². The molecule has 3 rings (SSSR count). The van der Waals surface area contributed by atoms with Crippen molar-refractivity contribution in [2.45, 2.75) is 9.50 Å². The van der Waals surface area contributed by atoms with Gasteiger partial charge in [-0.2, -0.15) is 0 Å². The van der Waals surface area contributed by atoms with Gasteiger partial charge in [-0.3, -0.25) is 4.57 Å². The molecular formula is C12H6BrCl2N3S2. The molecule has 2 aromatic heterocycles. The van der Waals surface area contributed by atoms with Gasteiger partial charge in [0.15, 0.2) is 9.50 Å². The van der Waals surface area contributed by atoms with E-state index in [1.807, 2.05) is 22.9 Å². The molecule has 0 saturated heterocycles. The van der Waals surface area contributed by atoms with E-state index in [9.17, 15) is 0 Å². The second kappa shape index (κ2) is 6.07. The highest BCUT2D eigenvalue weighted by molar-refractivity contribution is 9.11. The van der Waals surface area contributed by atoms with Gasteiger partial charge in [-0.15, -0.1) is 11.3 Å². The minimum atomic E-state index is 0.509. The molecule has 0 N–H and O–H groups in total. The monoisotopic (exact) mass is 405 g/mol. The van der Waals surface area contributed by atoms with Gasteiger partial charge in [-0.05, 0) is 39.8 Å². The average Bonchev–Trinajstić information content (AvgIpc) is 3.03. The maximum Gasteiger partial charge on any atom is 0.179 e. The largest absolute Gasteiger partial charge is 0.293 e. The van der Waals surface area contributed by atoms with E-state index in [1.165, 1.54) is 11.8 Å². The molecule has 1 aromatic carbocycles. The third-order valence-electron chi connectivity index (χ3n) is 2.43. The fourth-order valence-electron chi connectivity index (χ4n) is 1.59. The molecule has 0 saturated carbocycles. The van der Waals surface area contributed by atoms with E-state index in [4.69, 9.17) is 23.2 Å². The molecule has 0 unspecified atom stereocenters. The van der Waals surface area contributed by atoms with Crippen LogP contribution < -0.4 is 0 Å². The number of aromatic nitrogens is 3. The van der Waals surface area contributed by atoms with Crippen molar-refractivity contribution in [1.82, 2.24) is 14.5 Å². The molecule has 2 heterocycles. The highest BCUT2D eigenvalue weighted by atomic mass is 79.9. The molecule has 0 amide bonds. The van der Waals surface area contributed by atoms with Crippen molar-refractivity contribution in [3.8, 4) is 5.69 Å². The summed E-state index contributed by atoms with van der Waals surface area (Å²) in [6.07, 6.45) is 5.34. The van der Waals surface area contributed by atoms with Crippen LogP contribution in [0, 0.1) is 0 Å². The summed E-state index contributed by atoms with van der Waals surface area (Å²) in [5, 5.41) is 1.82. The first-order valence-electron chi connectivity index (χ1n) is 5.42. The fourth-order valence-corrected chi connectivity index (χ4v) is 4.53. The number of rotatable bonds is 3. The summed E-state index contributed by atoms with van der Waals surface area (Å²) in [6, 6.07) is 5.52. The standard InChI is InChI=1S/C12H6BrCl2N3S2/c13-9-6-17-12(19-9)20-11-16-4-5-18(11)8-3-1-2-7(14)10(8)15/h1-6H. The molecule has 20 heavy (non-hydrogen) atoms. The SMILES string of the molecule is Clc1cccc(-n2ccnc2Sc2ncc(Br)s2)c1Cl. The van der Waals surface area contributed by atoms with Crippen LogP contribution in [0.15, 0.2) is 50.1 Å². The minimum absolute atomic E-state index is 0.509. The topological polar surface area (TPSA) is 30.7 Å². The highest BCUT2D eigenvalue weighted by Crippen LogP contribution is 2.35. The van der Waals surface area contributed by atoms with Crippen LogP contribution in [0.1, 0.15) is 0 Å². The van der Waals surface area contributed by atoms with E-state index in [0.717, 1.165) is 19.0 Å². The highest BCUT2D eigenvalue weighted by Gasteiger charge is 2.13. The Bertz CT molecular complexity index is 757. The quantitative estimate of drug-likeness (QED) is 0.571. The number of imidazole rings is 1. The van der Waals surface area contributed by atoms with Crippen LogP contribution in [-0.2, 0) is 0 Å². The number of nitrogens with zero attached hydrogens (tertiary/aromatic N) is 3. The Kier molecular flexibility index (Phi) is 4.37. The molecule has 3 nitrogen and oxygen atoms in total. The van der Waals surface area contributed by atoms with Crippen molar-refractivity contribution in [2.24, 2.45) is 0 Å². The van der Waals surface area contributed by atoms with Gasteiger partial charge >= 0.3 is 0 Å². The fraction of sp³-hybridized carbons (Fsp3) is 0. The lowest BCUT2D eigenvalue weighted by molar-refractivity contribution is 0.894. The maximum absolute atomic E-state index is 6.25. The smallest absolute Gasteiger partial charge is 0.179 e. The van der Waals surface area contributed by atoms with Crippen LogP contribution in [0.4, 0.5) is 0 Å². The van der Waals surface area contributed by atoms with Gasteiger partial charge in [0.2, 0.25) is 0 Å². The third-order valence-corrected chi connectivity index (χ3v) is 5.78. The van der Waals surface area contributed by atoms with Crippen molar-refractivity contribution in [1.29, 1.82) is 0 Å². The molecule has 0 radical (unpaired) electrons. The Balaban J connectivity index is 2.00. The Morgan fingerprint density at radius 3 is 2.85 bits per heavy atom. The number of hydrogen-bond acceptors (Lipinski definition) is 4. The zero-order valence-electron chi connectivity index (χ0n) is 9.76. The van der Waals surface area contributed by atoms with E-state index in [1.54, 1.807) is 29.8 Å². The minimum Gasteiger partial charge on any atom is -0.293 e. The predicted molar refractivity (Wildman–Crippen MR) is 87.5 cm³/mol. The lowest BCUT2D eigenvalue weighted by Crippen LogP contribution is -1.96. The first kappa shape index (κ1) is 14.4. The maximum atomic E-state index is 6.25. The van der Waals surface area contributed by atoms with Crippen molar-refractivity contribution in [3.63, 3.8) is 0 Å². The van der Waals surface area contributed by atoms with Crippen LogP contribution in [-0.4, -0.2) is 14.5 Å².